The van der Waals surface area contributed by atoms with Crippen molar-refractivity contribution in [1.29, 1.82) is 5.26 Å². The zero-order chi connectivity index (χ0) is 18.8. The predicted octanol–water partition coefficient (Wildman–Crippen LogP) is 2.18. The van der Waals surface area contributed by atoms with Gasteiger partial charge in [0.1, 0.15) is 5.01 Å². The average molecular weight is 405 g/mol. The summed E-state index contributed by atoms with van der Waals surface area (Å²) in [5.41, 5.74) is 0.833. The number of hydrogen-bond acceptors (Lipinski definition) is 9. The summed E-state index contributed by atoms with van der Waals surface area (Å²) in [7, 11) is 0. The van der Waals surface area contributed by atoms with E-state index in [4.69, 9.17) is 4.74 Å². The van der Waals surface area contributed by atoms with Gasteiger partial charge in [-0.15, -0.1) is 21.5 Å². The fraction of sp³-hybridized carbons (Fsp3) is 0.588. The van der Waals surface area contributed by atoms with E-state index < -0.39 is 5.92 Å². The number of carbonyl (C=O) groups is 1. The van der Waals surface area contributed by atoms with Crippen LogP contribution in [0.2, 0.25) is 0 Å². The van der Waals surface area contributed by atoms with Gasteiger partial charge in [-0.1, -0.05) is 11.8 Å². The van der Waals surface area contributed by atoms with Crippen LogP contribution < -0.4 is 4.90 Å². The molecule has 2 aliphatic rings. The van der Waals surface area contributed by atoms with Crippen molar-refractivity contribution in [2.24, 2.45) is 0 Å². The van der Waals surface area contributed by atoms with Gasteiger partial charge in [-0.25, -0.2) is 4.98 Å². The minimum absolute atomic E-state index is 0.143. The first-order valence-corrected chi connectivity index (χ1v) is 10.8. The van der Waals surface area contributed by atoms with Gasteiger partial charge in [0.2, 0.25) is 5.95 Å². The van der Waals surface area contributed by atoms with Crippen LogP contribution in [0.5, 0.6) is 0 Å². The molecule has 0 radical (unpaired) electrons. The Morgan fingerprint density at radius 2 is 2.22 bits per heavy atom. The highest BCUT2D eigenvalue weighted by atomic mass is 32.2. The maximum Gasteiger partial charge on any atom is 0.228 e. The van der Waals surface area contributed by atoms with E-state index in [0.717, 1.165) is 42.7 Å². The number of hydrogen-bond donors (Lipinski definition) is 0. The van der Waals surface area contributed by atoms with Gasteiger partial charge >= 0.3 is 0 Å². The lowest BCUT2D eigenvalue weighted by molar-refractivity contribution is -0.116. The molecule has 0 amide bonds. The summed E-state index contributed by atoms with van der Waals surface area (Å²) in [4.78, 5) is 19.1. The Kier molecular flexibility index (Phi) is 5.43. The Bertz CT molecular complexity index is 863. The summed E-state index contributed by atoms with van der Waals surface area (Å²) in [5.74, 6) is 0.0932. The zero-order valence-corrected chi connectivity index (χ0v) is 16.6. The second kappa shape index (κ2) is 7.96. The first kappa shape index (κ1) is 18.4. The van der Waals surface area contributed by atoms with Crippen molar-refractivity contribution in [3.63, 3.8) is 0 Å². The van der Waals surface area contributed by atoms with Crippen LogP contribution in [0.4, 0.5) is 5.95 Å². The van der Waals surface area contributed by atoms with Crippen molar-refractivity contribution in [3.05, 3.63) is 16.1 Å². The number of nitrogens with zero attached hydrogens (tertiary/aromatic N) is 6. The first-order valence-electron chi connectivity index (χ1n) is 8.92. The monoisotopic (exact) mass is 404 g/mol. The number of carbonyl (C=O) groups excluding carboxylic acids is 1. The number of ketones is 1. The molecule has 1 atom stereocenters. The highest BCUT2D eigenvalue weighted by Gasteiger charge is 2.33. The van der Waals surface area contributed by atoms with Crippen LogP contribution >= 0.6 is 23.1 Å². The van der Waals surface area contributed by atoms with Crippen molar-refractivity contribution in [2.75, 3.05) is 37.0 Å². The summed E-state index contributed by atoms with van der Waals surface area (Å²) < 4.78 is 7.57. The van der Waals surface area contributed by atoms with Gasteiger partial charge in [0.05, 0.1) is 25.0 Å². The second-order valence-electron chi connectivity index (χ2n) is 6.63. The highest BCUT2D eigenvalue weighted by molar-refractivity contribution is 7.99. The van der Waals surface area contributed by atoms with Crippen LogP contribution in [0.3, 0.4) is 0 Å². The number of aromatic nitrogens is 4. The second-order valence-corrected chi connectivity index (χ2v) is 8.46. The number of nitriles is 1. The molecule has 2 fully saturated rings. The van der Waals surface area contributed by atoms with Crippen LogP contribution in [0, 0.1) is 18.3 Å². The van der Waals surface area contributed by atoms with Crippen molar-refractivity contribution < 1.29 is 9.53 Å². The largest absolute Gasteiger partial charge is 0.378 e. The number of aryl methyl sites for hydroxylation is 1. The molecule has 1 aliphatic carbocycles. The highest BCUT2D eigenvalue weighted by Crippen LogP contribution is 2.41. The molecule has 2 aromatic rings. The summed E-state index contributed by atoms with van der Waals surface area (Å²) >= 11 is 2.72. The first-order chi connectivity index (χ1) is 13.2. The van der Waals surface area contributed by atoms with Gasteiger partial charge in [0.15, 0.2) is 16.9 Å². The number of thiazole rings is 1. The van der Waals surface area contributed by atoms with Crippen molar-refractivity contribution in [1.82, 2.24) is 19.7 Å². The van der Waals surface area contributed by atoms with Gasteiger partial charge in [-0.3, -0.25) is 9.36 Å². The maximum absolute atomic E-state index is 12.6. The molecular weight excluding hydrogens is 384 g/mol. The molecule has 0 N–H and O–H groups in total. The Morgan fingerprint density at radius 3 is 2.85 bits per heavy atom. The quantitative estimate of drug-likeness (QED) is 0.648. The van der Waals surface area contributed by atoms with Crippen LogP contribution in [-0.4, -0.2) is 57.6 Å². The third kappa shape index (κ3) is 4.00. The van der Waals surface area contributed by atoms with Gasteiger partial charge in [0.25, 0.3) is 0 Å². The van der Waals surface area contributed by atoms with Crippen molar-refractivity contribution >= 4 is 34.8 Å². The molecule has 0 spiro atoms. The fourth-order valence-corrected chi connectivity index (χ4v) is 4.76. The van der Waals surface area contributed by atoms with Gasteiger partial charge < -0.3 is 9.64 Å². The van der Waals surface area contributed by atoms with Gasteiger partial charge in [-0.2, -0.15) is 5.26 Å². The molecule has 1 saturated heterocycles. The lowest BCUT2D eigenvalue weighted by Gasteiger charge is -2.27. The van der Waals surface area contributed by atoms with Gasteiger partial charge in [-0.05, 0) is 19.8 Å². The SMILES string of the molecule is Cc1csc([C@H](C#N)C(=O)CSc2nnc(N3CCOCC3)n2C2CC2)n1. The summed E-state index contributed by atoms with van der Waals surface area (Å²) in [6, 6.07) is 2.50. The molecule has 0 unspecified atom stereocenters. The maximum atomic E-state index is 12.6. The molecule has 1 saturated carbocycles. The molecule has 3 heterocycles. The third-order valence-electron chi connectivity index (χ3n) is 4.53. The predicted molar refractivity (Wildman–Crippen MR) is 102 cm³/mol. The van der Waals surface area contributed by atoms with E-state index in [-0.39, 0.29) is 11.5 Å². The Hall–Kier alpha value is -1.96. The molecule has 27 heavy (non-hydrogen) atoms. The Balaban J connectivity index is 1.47. The van der Waals surface area contributed by atoms with E-state index in [1.165, 1.54) is 23.1 Å². The van der Waals surface area contributed by atoms with Crippen LogP contribution in [0.25, 0.3) is 0 Å². The number of rotatable bonds is 7. The molecule has 1 aliphatic heterocycles. The molecule has 142 valence electrons. The molecular formula is C17H20N6O2S2. The molecule has 0 bridgehead atoms. The van der Waals surface area contributed by atoms with E-state index >= 15 is 0 Å². The number of Topliss-reactive ketones (excluding diaryl/α,β-unsaturated/α-hetero) is 1. The van der Waals surface area contributed by atoms with E-state index in [2.05, 4.69) is 30.7 Å². The topological polar surface area (TPSA) is 96.9 Å². The normalized spacial score (nSPS) is 18.3. The summed E-state index contributed by atoms with van der Waals surface area (Å²) in [6.45, 7) is 4.84. The van der Waals surface area contributed by atoms with E-state index in [0.29, 0.717) is 24.3 Å². The number of anilines is 1. The Morgan fingerprint density at radius 1 is 1.44 bits per heavy atom. The lowest BCUT2D eigenvalue weighted by Crippen LogP contribution is -2.38. The minimum Gasteiger partial charge on any atom is -0.378 e. The van der Waals surface area contributed by atoms with E-state index in [9.17, 15) is 10.1 Å². The molecule has 10 heteroatoms. The van der Waals surface area contributed by atoms with E-state index in [1.807, 2.05) is 12.3 Å². The molecule has 4 rings (SSSR count). The molecule has 2 aromatic heterocycles. The average Bonchev–Trinajstić information content (AvgIpc) is 3.30. The van der Waals surface area contributed by atoms with Crippen LogP contribution in [0.15, 0.2) is 10.5 Å². The lowest BCUT2D eigenvalue weighted by atomic mass is 10.1. The zero-order valence-electron chi connectivity index (χ0n) is 15.0. The molecule has 0 aromatic carbocycles. The Labute approximate surface area is 165 Å². The van der Waals surface area contributed by atoms with Crippen LogP contribution in [0.1, 0.15) is 35.5 Å². The number of morpholine rings is 1. The van der Waals surface area contributed by atoms with E-state index in [1.54, 1.807) is 0 Å². The standard InChI is InChI=1S/C17H20N6O2S2/c1-11-9-26-15(19-11)13(8-18)14(24)10-27-17-21-20-16(23(17)12-2-3-12)22-4-6-25-7-5-22/h9,12-13H,2-7,10H2,1H3/t13-/m1/s1. The smallest absolute Gasteiger partial charge is 0.228 e. The molecule has 8 nitrogen and oxygen atoms in total. The van der Waals surface area contributed by atoms with Crippen LogP contribution in [-0.2, 0) is 9.53 Å². The number of thioether (sulfide) groups is 1. The summed E-state index contributed by atoms with van der Waals surface area (Å²) in [6.07, 6.45) is 2.21. The summed E-state index contributed by atoms with van der Waals surface area (Å²) in [5, 5.41) is 21.3. The fourth-order valence-electron chi connectivity index (χ4n) is 2.99. The van der Waals surface area contributed by atoms with Gasteiger partial charge in [0, 0.05) is 30.2 Å². The minimum atomic E-state index is -0.813. The third-order valence-corrected chi connectivity index (χ3v) is 6.52. The van der Waals surface area contributed by atoms with Crippen molar-refractivity contribution in [3.8, 4) is 6.07 Å². The number of ether oxygens (including phenoxy) is 1. The van der Waals surface area contributed by atoms with Crippen molar-refractivity contribution in [2.45, 2.75) is 36.9 Å².